The van der Waals surface area contributed by atoms with Crippen molar-refractivity contribution in [2.45, 2.75) is 0 Å². The molecular formula is C13H19N3O7. The average Bonchev–Trinajstić information content (AvgIpc) is 2.53. The molecule has 1 aromatic carbocycles. The van der Waals surface area contributed by atoms with Crippen molar-refractivity contribution < 1.29 is 24.1 Å². The van der Waals surface area contributed by atoms with Crippen molar-refractivity contribution in [3.63, 3.8) is 0 Å². The molecule has 0 radical (unpaired) electrons. The van der Waals surface area contributed by atoms with Gasteiger partial charge < -0.3 is 19.5 Å². The van der Waals surface area contributed by atoms with Gasteiger partial charge in [0.05, 0.1) is 48.9 Å². The molecule has 1 N–H and O–H groups in total. The second kappa shape index (κ2) is 10.4. The molecule has 0 saturated heterocycles. The highest BCUT2D eigenvalue weighted by atomic mass is 16.6. The number of nitro groups is 2. The van der Waals surface area contributed by atoms with Crippen LogP contribution >= 0.6 is 0 Å². The van der Waals surface area contributed by atoms with Crippen molar-refractivity contribution in [3.05, 3.63) is 38.4 Å². The summed E-state index contributed by atoms with van der Waals surface area (Å²) in [5, 5.41) is 24.4. The van der Waals surface area contributed by atoms with E-state index in [2.05, 4.69) is 5.32 Å². The van der Waals surface area contributed by atoms with Crippen LogP contribution in [0.4, 0.5) is 17.1 Å². The lowest BCUT2D eigenvalue weighted by molar-refractivity contribution is -0.393. The molecule has 1 aromatic rings. The first-order chi connectivity index (χ1) is 11.1. The van der Waals surface area contributed by atoms with Crippen LogP contribution in [0.25, 0.3) is 0 Å². The fourth-order valence-corrected chi connectivity index (χ4v) is 1.66. The molecular weight excluding hydrogens is 310 g/mol. The number of non-ortho nitro benzene ring substituents is 1. The van der Waals surface area contributed by atoms with Crippen LogP contribution in [-0.2, 0) is 14.2 Å². The molecule has 0 aliphatic heterocycles. The minimum absolute atomic E-state index is 0.209. The highest BCUT2D eigenvalue weighted by Crippen LogP contribution is 2.28. The van der Waals surface area contributed by atoms with E-state index in [-0.39, 0.29) is 17.1 Å². The van der Waals surface area contributed by atoms with Crippen molar-refractivity contribution in [2.24, 2.45) is 0 Å². The zero-order valence-electron chi connectivity index (χ0n) is 12.7. The molecule has 0 aromatic heterocycles. The number of nitrogens with one attached hydrogen (secondary N) is 1. The summed E-state index contributed by atoms with van der Waals surface area (Å²) < 4.78 is 15.3. The van der Waals surface area contributed by atoms with Gasteiger partial charge in [0.25, 0.3) is 11.4 Å². The van der Waals surface area contributed by atoms with E-state index in [0.29, 0.717) is 39.6 Å². The molecule has 0 amide bonds. The molecule has 23 heavy (non-hydrogen) atoms. The second-order valence-corrected chi connectivity index (χ2v) is 4.36. The van der Waals surface area contributed by atoms with Gasteiger partial charge in [0.2, 0.25) is 0 Å². The zero-order chi connectivity index (χ0) is 17.1. The normalized spacial score (nSPS) is 10.5. The predicted octanol–water partition coefficient (Wildman–Crippen LogP) is 1.59. The number of methoxy groups -OCH3 is 1. The van der Waals surface area contributed by atoms with Gasteiger partial charge in [-0.2, -0.15) is 0 Å². The van der Waals surface area contributed by atoms with Crippen LogP contribution in [0.5, 0.6) is 0 Å². The van der Waals surface area contributed by atoms with Gasteiger partial charge in [0, 0.05) is 19.7 Å². The Morgan fingerprint density at radius 3 is 2.26 bits per heavy atom. The first-order valence-corrected chi connectivity index (χ1v) is 6.87. The Morgan fingerprint density at radius 2 is 1.65 bits per heavy atom. The van der Waals surface area contributed by atoms with E-state index >= 15 is 0 Å². The van der Waals surface area contributed by atoms with E-state index in [1.165, 1.54) is 12.1 Å². The van der Waals surface area contributed by atoms with Crippen LogP contribution in [0, 0.1) is 20.2 Å². The number of hydrogen-bond donors (Lipinski definition) is 1. The maximum Gasteiger partial charge on any atom is 0.299 e. The summed E-state index contributed by atoms with van der Waals surface area (Å²) in [5.74, 6) is 0. The topological polar surface area (TPSA) is 126 Å². The smallest absolute Gasteiger partial charge is 0.299 e. The van der Waals surface area contributed by atoms with Gasteiger partial charge in [-0.05, 0) is 6.07 Å². The molecule has 0 aliphatic rings. The van der Waals surface area contributed by atoms with Crippen LogP contribution in [-0.4, -0.2) is 56.5 Å². The zero-order valence-corrected chi connectivity index (χ0v) is 12.7. The van der Waals surface area contributed by atoms with E-state index in [0.717, 1.165) is 6.07 Å². The first kappa shape index (κ1) is 18.7. The van der Waals surface area contributed by atoms with Gasteiger partial charge >= 0.3 is 0 Å². The third-order valence-corrected chi connectivity index (χ3v) is 2.75. The summed E-state index contributed by atoms with van der Waals surface area (Å²) in [6.45, 7) is 2.49. The summed E-state index contributed by atoms with van der Waals surface area (Å²) in [6.07, 6.45) is 0. The van der Waals surface area contributed by atoms with E-state index in [1.807, 2.05) is 0 Å². The molecule has 0 aliphatic carbocycles. The van der Waals surface area contributed by atoms with E-state index in [9.17, 15) is 20.2 Å². The molecule has 0 unspecified atom stereocenters. The number of nitrogens with zero attached hydrogens (tertiary/aromatic N) is 2. The number of anilines is 1. The number of rotatable bonds is 12. The second-order valence-electron chi connectivity index (χ2n) is 4.36. The van der Waals surface area contributed by atoms with Crippen LogP contribution in [0.3, 0.4) is 0 Å². The van der Waals surface area contributed by atoms with Crippen LogP contribution in [0.1, 0.15) is 0 Å². The summed E-state index contributed by atoms with van der Waals surface area (Å²) >= 11 is 0. The van der Waals surface area contributed by atoms with Crippen molar-refractivity contribution in [1.29, 1.82) is 0 Å². The maximum absolute atomic E-state index is 10.9. The van der Waals surface area contributed by atoms with Gasteiger partial charge in [-0.3, -0.25) is 20.2 Å². The molecule has 0 fully saturated rings. The molecule has 10 nitrogen and oxygen atoms in total. The van der Waals surface area contributed by atoms with Gasteiger partial charge in [-0.25, -0.2) is 0 Å². The quantitative estimate of drug-likeness (QED) is 0.348. The van der Waals surface area contributed by atoms with E-state index < -0.39 is 9.85 Å². The summed E-state index contributed by atoms with van der Waals surface area (Å²) in [4.78, 5) is 20.2. The largest absolute Gasteiger partial charge is 0.382 e. The van der Waals surface area contributed by atoms with Crippen LogP contribution < -0.4 is 5.32 Å². The van der Waals surface area contributed by atoms with Crippen molar-refractivity contribution in [1.82, 2.24) is 0 Å². The Kier molecular flexibility index (Phi) is 8.50. The molecule has 0 atom stereocenters. The predicted molar refractivity (Wildman–Crippen MR) is 81.8 cm³/mol. The monoisotopic (exact) mass is 329 g/mol. The number of nitro benzene ring substituents is 2. The van der Waals surface area contributed by atoms with Gasteiger partial charge in [0.15, 0.2) is 0 Å². The first-order valence-electron chi connectivity index (χ1n) is 6.87. The number of ether oxygens (including phenoxy) is 3. The summed E-state index contributed by atoms with van der Waals surface area (Å²) in [6, 6.07) is 3.44. The third kappa shape index (κ3) is 7.00. The van der Waals surface area contributed by atoms with Gasteiger partial charge in [0.1, 0.15) is 5.69 Å². The average molecular weight is 329 g/mol. The Balaban J connectivity index is 2.34. The molecule has 1 rings (SSSR count). The lowest BCUT2D eigenvalue weighted by Gasteiger charge is -2.08. The SMILES string of the molecule is COCCOCCOCCNc1ccc([N+](=O)[O-])cc1[N+](=O)[O-]. The highest BCUT2D eigenvalue weighted by molar-refractivity contribution is 5.65. The Bertz CT molecular complexity index is 524. The number of benzene rings is 1. The molecule has 0 bridgehead atoms. The Labute approximate surface area is 132 Å². The van der Waals surface area contributed by atoms with E-state index in [4.69, 9.17) is 14.2 Å². The molecule has 10 heteroatoms. The van der Waals surface area contributed by atoms with Gasteiger partial charge in [-0.15, -0.1) is 0 Å². The summed E-state index contributed by atoms with van der Waals surface area (Å²) in [5.41, 5.74) is -0.464. The maximum atomic E-state index is 10.9. The molecule has 0 heterocycles. The van der Waals surface area contributed by atoms with Crippen LogP contribution in [0.2, 0.25) is 0 Å². The molecule has 128 valence electrons. The highest BCUT2D eigenvalue weighted by Gasteiger charge is 2.18. The standard InChI is InChI=1S/C13H19N3O7/c1-21-6-7-23-9-8-22-5-4-14-12-3-2-11(15(17)18)10-13(12)16(19)20/h2-3,10,14H,4-9H2,1H3. The lowest BCUT2D eigenvalue weighted by Crippen LogP contribution is -2.14. The molecule has 0 spiro atoms. The van der Waals surface area contributed by atoms with Crippen molar-refractivity contribution in [3.8, 4) is 0 Å². The summed E-state index contributed by atoms with van der Waals surface area (Å²) in [7, 11) is 1.59. The minimum atomic E-state index is -0.677. The Morgan fingerprint density at radius 1 is 1.00 bits per heavy atom. The lowest BCUT2D eigenvalue weighted by atomic mass is 10.2. The third-order valence-electron chi connectivity index (χ3n) is 2.75. The van der Waals surface area contributed by atoms with Crippen molar-refractivity contribution >= 4 is 17.1 Å². The van der Waals surface area contributed by atoms with Gasteiger partial charge in [-0.1, -0.05) is 0 Å². The number of hydrogen-bond acceptors (Lipinski definition) is 8. The van der Waals surface area contributed by atoms with Crippen LogP contribution in [0.15, 0.2) is 18.2 Å². The minimum Gasteiger partial charge on any atom is -0.382 e. The molecule has 0 saturated carbocycles. The fraction of sp³-hybridized carbons (Fsp3) is 0.538. The van der Waals surface area contributed by atoms with E-state index in [1.54, 1.807) is 7.11 Å². The Hall–Kier alpha value is -2.30. The fourth-order valence-electron chi connectivity index (χ4n) is 1.66. The van der Waals surface area contributed by atoms with Crippen molar-refractivity contribution in [2.75, 3.05) is 52.0 Å².